The van der Waals surface area contributed by atoms with Gasteiger partial charge in [-0.05, 0) is 54.0 Å². The molecule has 0 spiro atoms. The van der Waals surface area contributed by atoms with E-state index in [9.17, 15) is 4.79 Å². The summed E-state index contributed by atoms with van der Waals surface area (Å²) >= 11 is 0. The second kappa shape index (κ2) is 6.44. The van der Waals surface area contributed by atoms with Gasteiger partial charge in [0.2, 0.25) is 0 Å². The van der Waals surface area contributed by atoms with Crippen LogP contribution in [0.15, 0.2) is 66.5 Å². The number of aryl methyl sites for hydroxylation is 1. The Morgan fingerprint density at radius 1 is 1.09 bits per heavy atom. The van der Waals surface area contributed by atoms with Crippen LogP contribution in [0.5, 0.6) is 0 Å². The van der Waals surface area contributed by atoms with Crippen LogP contribution in [0.3, 0.4) is 0 Å². The molecule has 3 nitrogen and oxygen atoms in total. The number of pyridine rings is 1. The number of aromatic nitrogens is 1. The highest BCUT2D eigenvalue weighted by Crippen LogP contribution is 2.18. The van der Waals surface area contributed by atoms with Crippen molar-refractivity contribution in [2.75, 3.05) is 5.32 Å². The fourth-order valence-electron chi connectivity index (χ4n) is 2.45. The maximum absolute atomic E-state index is 12.3. The predicted octanol–water partition coefficient (Wildman–Crippen LogP) is 4.59. The summed E-state index contributed by atoms with van der Waals surface area (Å²) in [6, 6.07) is 16.2. The highest BCUT2D eigenvalue weighted by molar-refractivity contribution is 6.06. The second-order valence-electron chi connectivity index (χ2n) is 5.58. The molecule has 0 fully saturated rings. The zero-order valence-corrected chi connectivity index (χ0v) is 13.2. The molecule has 2 aromatic carbocycles. The van der Waals surface area contributed by atoms with Crippen molar-refractivity contribution < 1.29 is 4.79 Å². The van der Waals surface area contributed by atoms with Crippen molar-refractivity contribution in [1.29, 1.82) is 0 Å². The number of amides is 1. The van der Waals surface area contributed by atoms with Crippen LogP contribution < -0.4 is 5.32 Å². The molecule has 0 saturated heterocycles. The number of carbonyl (C=O) groups excluding carboxylic acids is 1. The van der Waals surface area contributed by atoms with E-state index >= 15 is 0 Å². The Morgan fingerprint density at radius 3 is 2.65 bits per heavy atom. The van der Waals surface area contributed by atoms with Crippen molar-refractivity contribution in [2.24, 2.45) is 0 Å². The SMILES string of the molecule is C/C(=C\c1ccc2ccccc2c1)C(=O)Nc1ccncc1C. The fraction of sp³-hybridized carbons (Fsp3) is 0.100. The number of fused-ring (bicyclic) bond motifs is 1. The highest BCUT2D eigenvalue weighted by Gasteiger charge is 2.07. The molecule has 3 heteroatoms. The number of anilines is 1. The maximum Gasteiger partial charge on any atom is 0.251 e. The zero-order valence-electron chi connectivity index (χ0n) is 13.2. The van der Waals surface area contributed by atoms with E-state index in [0.29, 0.717) is 5.57 Å². The summed E-state index contributed by atoms with van der Waals surface area (Å²) in [5, 5.41) is 5.28. The molecule has 1 amide bonds. The molecule has 0 radical (unpaired) electrons. The highest BCUT2D eigenvalue weighted by atomic mass is 16.1. The first-order valence-electron chi connectivity index (χ1n) is 7.52. The number of hydrogen-bond donors (Lipinski definition) is 1. The summed E-state index contributed by atoms with van der Waals surface area (Å²) in [6.07, 6.45) is 5.31. The summed E-state index contributed by atoms with van der Waals surface area (Å²) in [7, 11) is 0. The Bertz CT molecular complexity index is 897. The molecule has 114 valence electrons. The lowest BCUT2D eigenvalue weighted by molar-refractivity contribution is -0.112. The van der Waals surface area contributed by atoms with E-state index in [-0.39, 0.29) is 5.91 Å². The molecule has 3 aromatic rings. The lowest BCUT2D eigenvalue weighted by Crippen LogP contribution is -2.13. The lowest BCUT2D eigenvalue weighted by atomic mass is 10.1. The third-order valence-electron chi connectivity index (χ3n) is 3.78. The maximum atomic E-state index is 12.3. The van der Waals surface area contributed by atoms with Crippen LogP contribution in [0.2, 0.25) is 0 Å². The Hall–Kier alpha value is -2.94. The Balaban J connectivity index is 1.82. The molecule has 0 unspecified atom stereocenters. The van der Waals surface area contributed by atoms with Crippen molar-refractivity contribution in [3.8, 4) is 0 Å². The van der Waals surface area contributed by atoms with Crippen molar-refractivity contribution in [3.05, 3.63) is 77.6 Å². The standard InChI is InChI=1S/C20H18N2O/c1-14(20(23)22-19-9-10-21-13-15(19)2)11-16-7-8-17-5-3-4-6-18(17)12-16/h3-13H,1-2H3,(H,21,22,23)/b14-11+. The van der Waals surface area contributed by atoms with Crippen LogP contribution in [-0.2, 0) is 4.79 Å². The first-order chi connectivity index (χ1) is 11.1. The van der Waals surface area contributed by atoms with Crippen LogP contribution in [0, 0.1) is 6.92 Å². The third kappa shape index (κ3) is 3.46. The molecular formula is C20H18N2O. The molecule has 0 atom stereocenters. The summed E-state index contributed by atoms with van der Waals surface area (Å²) in [5.74, 6) is -0.104. The molecule has 0 aliphatic heterocycles. The molecule has 0 aliphatic carbocycles. The summed E-state index contributed by atoms with van der Waals surface area (Å²) < 4.78 is 0. The van der Waals surface area contributed by atoms with E-state index in [1.807, 2.05) is 38.1 Å². The third-order valence-corrected chi connectivity index (χ3v) is 3.78. The van der Waals surface area contributed by atoms with Crippen LogP contribution in [0.1, 0.15) is 18.1 Å². The smallest absolute Gasteiger partial charge is 0.251 e. The average Bonchev–Trinajstić information content (AvgIpc) is 2.56. The van der Waals surface area contributed by atoms with Gasteiger partial charge < -0.3 is 5.32 Å². The van der Waals surface area contributed by atoms with Crippen molar-refractivity contribution in [2.45, 2.75) is 13.8 Å². The van der Waals surface area contributed by atoms with Crippen LogP contribution in [0.4, 0.5) is 5.69 Å². The minimum atomic E-state index is -0.104. The number of nitrogens with one attached hydrogen (secondary N) is 1. The Kier molecular flexibility index (Phi) is 4.20. The number of hydrogen-bond acceptors (Lipinski definition) is 2. The van der Waals surface area contributed by atoms with Crippen molar-refractivity contribution in [3.63, 3.8) is 0 Å². The number of nitrogens with zero attached hydrogens (tertiary/aromatic N) is 1. The second-order valence-corrected chi connectivity index (χ2v) is 5.58. The molecule has 0 aliphatic rings. The molecule has 0 saturated carbocycles. The van der Waals surface area contributed by atoms with Gasteiger partial charge in [-0.3, -0.25) is 9.78 Å². The van der Waals surface area contributed by atoms with Gasteiger partial charge in [0.25, 0.3) is 5.91 Å². The fourth-order valence-corrected chi connectivity index (χ4v) is 2.45. The Morgan fingerprint density at radius 2 is 1.87 bits per heavy atom. The van der Waals surface area contributed by atoms with Gasteiger partial charge in [-0.1, -0.05) is 36.4 Å². The molecule has 1 aromatic heterocycles. The van der Waals surface area contributed by atoms with Gasteiger partial charge in [0.1, 0.15) is 0 Å². The van der Waals surface area contributed by atoms with Gasteiger partial charge >= 0.3 is 0 Å². The van der Waals surface area contributed by atoms with Crippen molar-refractivity contribution >= 4 is 28.4 Å². The molecular weight excluding hydrogens is 284 g/mol. The van der Waals surface area contributed by atoms with Crippen LogP contribution in [-0.4, -0.2) is 10.9 Å². The Labute approximate surface area is 135 Å². The van der Waals surface area contributed by atoms with Crippen molar-refractivity contribution in [1.82, 2.24) is 4.98 Å². The zero-order chi connectivity index (χ0) is 16.2. The van der Waals surface area contributed by atoms with Gasteiger partial charge in [0.15, 0.2) is 0 Å². The quantitative estimate of drug-likeness (QED) is 0.719. The van der Waals surface area contributed by atoms with E-state index in [1.165, 1.54) is 10.8 Å². The lowest BCUT2D eigenvalue weighted by Gasteiger charge is -2.08. The van der Waals surface area contributed by atoms with E-state index in [1.54, 1.807) is 18.5 Å². The average molecular weight is 302 g/mol. The molecule has 0 bridgehead atoms. The number of benzene rings is 2. The molecule has 1 N–H and O–H groups in total. The van der Waals surface area contributed by atoms with Gasteiger partial charge in [-0.2, -0.15) is 0 Å². The predicted molar refractivity (Wildman–Crippen MR) is 95.2 cm³/mol. The topological polar surface area (TPSA) is 42.0 Å². The largest absolute Gasteiger partial charge is 0.322 e. The van der Waals surface area contributed by atoms with E-state index in [4.69, 9.17) is 0 Å². The van der Waals surface area contributed by atoms with Crippen LogP contribution >= 0.6 is 0 Å². The summed E-state index contributed by atoms with van der Waals surface area (Å²) in [5.41, 5.74) is 3.41. The minimum absolute atomic E-state index is 0.104. The van der Waals surface area contributed by atoms with Gasteiger partial charge in [0.05, 0.1) is 0 Å². The van der Waals surface area contributed by atoms with Gasteiger partial charge in [-0.25, -0.2) is 0 Å². The van der Waals surface area contributed by atoms with Crippen LogP contribution in [0.25, 0.3) is 16.8 Å². The number of rotatable bonds is 3. The first kappa shape index (κ1) is 15.0. The first-order valence-corrected chi connectivity index (χ1v) is 7.52. The molecule has 3 rings (SSSR count). The van der Waals surface area contributed by atoms with Gasteiger partial charge in [0, 0.05) is 23.7 Å². The van der Waals surface area contributed by atoms with E-state index < -0.39 is 0 Å². The molecule has 23 heavy (non-hydrogen) atoms. The molecule has 1 heterocycles. The number of carbonyl (C=O) groups is 1. The van der Waals surface area contributed by atoms with Gasteiger partial charge in [-0.15, -0.1) is 0 Å². The summed E-state index contributed by atoms with van der Waals surface area (Å²) in [6.45, 7) is 3.74. The summed E-state index contributed by atoms with van der Waals surface area (Å²) in [4.78, 5) is 16.4. The minimum Gasteiger partial charge on any atom is -0.322 e. The monoisotopic (exact) mass is 302 g/mol. The van der Waals surface area contributed by atoms with E-state index in [2.05, 4.69) is 34.6 Å². The normalized spacial score (nSPS) is 11.5. The van der Waals surface area contributed by atoms with E-state index in [0.717, 1.165) is 16.8 Å².